The van der Waals surface area contributed by atoms with E-state index in [1.807, 2.05) is 23.6 Å². The molecule has 2 aliphatic rings. The van der Waals surface area contributed by atoms with Crippen molar-refractivity contribution in [1.82, 2.24) is 15.2 Å². The van der Waals surface area contributed by atoms with Crippen molar-refractivity contribution in [3.05, 3.63) is 52.5 Å². The number of carbonyl (C=O) groups excluding carboxylic acids is 1. The maximum atomic E-state index is 12.1. The van der Waals surface area contributed by atoms with Crippen LogP contribution >= 0.6 is 11.3 Å². The van der Waals surface area contributed by atoms with Crippen molar-refractivity contribution in [3.8, 4) is 0 Å². The molecular weight excluding hydrogens is 306 g/mol. The maximum Gasteiger partial charge on any atom is 0.221 e. The van der Waals surface area contributed by atoms with E-state index in [2.05, 4.69) is 38.8 Å². The lowest BCUT2D eigenvalue weighted by Crippen LogP contribution is -2.53. The predicted octanol–water partition coefficient (Wildman–Crippen LogP) is 2.78. The zero-order chi connectivity index (χ0) is 15.7. The van der Waals surface area contributed by atoms with Gasteiger partial charge in [-0.05, 0) is 35.9 Å². The van der Waals surface area contributed by atoms with Crippen LogP contribution in [0.4, 0.5) is 0 Å². The fraction of sp³-hybridized carbons (Fsp3) is 0.444. The van der Waals surface area contributed by atoms with Crippen molar-refractivity contribution in [2.75, 3.05) is 13.1 Å². The molecule has 120 valence electrons. The summed E-state index contributed by atoms with van der Waals surface area (Å²) in [5.74, 6) is 0.443. The number of pyridine rings is 1. The summed E-state index contributed by atoms with van der Waals surface area (Å²) in [7, 11) is 0. The topological polar surface area (TPSA) is 45.2 Å². The first-order chi connectivity index (χ1) is 11.3. The van der Waals surface area contributed by atoms with Gasteiger partial charge in [0.25, 0.3) is 0 Å². The van der Waals surface area contributed by atoms with Crippen molar-refractivity contribution in [1.29, 1.82) is 0 Å². The summed E-state index contributed by atoms with van der Waals surface area (Å²) in [4.78, 5) is 20.3. The summed E-state index contributed by atoms with van der Waals surface area (Å²) in [5, 5.41) is 5.44. The Bertz CT molecular complexity index is 663. The fourth-order valence-corrected chi connectivity index (χ4v) is 4.77. The molecule has 0 aromatic carbocycles. The molecule has 4 rings (SSSR count). The zero-order valence-corrected chi connectivity index (χ0v) is 13.9. The first kappa shape index (κ1) is 14.8. The summed E-state index contributed by atoms with van der Waals surface area (Å²) in [6, 6.07) is 8.39. The summed E-state index contributed by atoms with van der Waals surface area (Å²) in [5.41, 5.74) is 1.11. The van der Waals surface area contributed by atoms with Gasteiger partial charge in [0, 0.05) is 54.8 Å². The second-order valence-electron chi connectivity index (χ2n) is 6.60. The molecule has 4 nitrogen and oxygen atoms in total. The quantitative estimate of drug-likeness (QED) is 0.943. The monoisotopic (exact) mass is 327 g/mol. The standard InChI is InChI=1S/C18H21N3OS/c22-17-11-16(14-3-1-7-19-12-14)18(20-17)5-8-21(9-6-18)13-15-4-2-10-23-15/h1-4,7,10,12,16H,5-6,8-9,11,13H2,(H,20,22)/t16-/m1/s1. The molecule has 0 radical (unpaired) electrons. The molecule has 0 bridgehead atoms. The molecule has 1 spiro atoms. The van der Waals surface area contributed by atoms with Gasteiger partial charge in [0.15, 0.2) is 0 Å². The molecule has 1 amide bonds. The van der Waals surface area contributed by atoms with Crippen LogP contribution in [0.1, 0.15) is 35.6 Å². The van der Waals surface area contributed by atoms with Crippen LogP contribution in [0.15, 0.2) is 42.0 Å². The normalized spacial score (nSPS) is 24.0. The van der Waals surface area contributed by atoms with E-state index in [9.17, 15) is 4.79 Å². The van der Waals surface area contributed by atoms with Crippen LogP contribution in [0.25, 0.3) is 0 Å². The number of amides is 1. The number of aromatic nitrogens is 1. The van der Waals surface area contributed by atoms with E-state index in [-0.39, 0.29) is 17.4 Å². The number of carbonyl (C=O) groups is 1. The zero-order valence-electron chi connectivity index (χ0n) is 13.1. The highest BCUT2D eigenvalue weighted by Crippen LogP contribution is 2.43. The molecule has 1 atom stereocenters. The van der Waals surface area contributed by atoms with Gasteiger partial charge in [0.1, 0.15) is 0 Å². The van der Waals surface area contributed by atoms with E-state index in [0.29, 0.717) is 6.42 Å². The van der Waals surface area contributed by atoms with Gasteiger partial charge >= 0.3 is 0 Å². The van der Waals surface area contributed by atoms with Gasteiger partial charge in [0.2, 0.25) is 5.91 Å². The van der Waals surface area contributed by atoms with Crippen LogP contribution in [0.3, 0.4) is 0 Å². The van der Waals surface area contributed by atoms with Crippen molar-refractivity contribution < 1.29 is 4.79 Å². The van der Waals surface area contributed by atoms with Crippen molar-refractivity contribution in [2.45, 2.75) is 37.3 Å². The largest absolute Gasteiger partial charge is 0.350 e. The average Bonchev–Trinajstić information content (AvgIpc) is 3.19. The van der Waals surface area contributed by atoms with Gasteiger partial charge in [-0.3, -0.25) is 14.7 Å². The molecule has 2 aromatic rings. The number of hydrogen-bond donors (Lipinski definition) is 1. The second-order valence-corrected chi connectivity index (χ2v) is 7.64. The minimum atomic E-state index is -0.0773. The number of nitrogens with zero attached hydrogens (tertiary/aromatic N) is 2. The van der Waals surface area contributed by atoms with E-state index >= 15 is 0 Å². The van der Waals surface area contributed by atoms with Crippen molar-refractivity contribution in [3.63, 3.8) is 0 Å². The molecule has 2 saturated heterocycles. The van der Waals surface area contributed by atoms with Crippen LogP contribution in [-0.4, -0.2) is 34.4 Å². The van der Waals surface area contributed by atoms with Gasteiger partial charge in [-0.2, -0.15) is 0 Å². The van der Waals surface area contributed by atoms with Gasteiger partial charge in [-0.15, -0.1) is 11.3 Å². The van der Waals surface area contributed by atoms with E-state index in [1.165, 1.54) is 10.4 Å². The number of likely N-dealkylation sites (tertiary alicyclic amines) is 1. The highest BCUT2D eigenvalue weighted by molar-refractivity contribution is 7.09. The number of rotatable bonds is 3. The van der Waals surface area contributed by atoms with Gasteiger partial charge < -0.3 is 5.32 Å². The molecule has 0 unspecified atom stereocenters. The van der Waals surface area contributed by atoms with Crippen LogP contribution < -0.4 is 5.32 Å². The van der Waals surface area contributed by atoms with Crippen molar-refractivity contribution >= 4 is 17.2 Å². The Morgan fingerprint density at radius 2 is 2.17 bits per heavy atom. The third-order valence-corrected chi connectivity index (χ3v) is 6.10. The lowest BCUT2D eigenvalue weighted by molar-refractivity contribution is -0.120. The number of nitrogens with one attached hydrogen (secondary N) is 1. The molecule has 0 aliphatic carbocycles. The van der Waals surface area contributed by atoms with Crippen LogP contribution in [0.5, 0.6) is 0 Å². The minimum absolute atomic E-state index is 0.0773. The molecule has 2 aliphatic heterocycles. The Kier molecular flexibility index (Phi) is 3.91. The summed E-state index contributed by atoms with van der Waals surface area (Å²) in [6.45, 7) is 3.10. The number of piperidine rings is 1. The maximum absolute atomic E-state index is 12.1. The first-order valence-corrected chi connectivity index (χ1v) is 9.09. The molecule has 23 heavy (non-hydrogen) atoms. The molecule has 4 heterocycles. The summed E-state index contributed by atoms with van der Waals surface area (Å²) < 4.78 is 0. The van der Waals surface area contributed by atoms with Gasteiger partial charge in [-0.1, -0.05) is 12.1 Å². The molecular formula is C18H21N3OS. The Morgan fingerprint density at radius 3 is 2.87 bits per heavy atom. The Balaban J connectivity index is 1.49. The number of hydrogen-bond acceptors (Lipinski definition) is 4. The Labute approximate surface area is 140 Å². The third kappa shape index (κ3) is 2.91. The third-order valence-electron chi connectivity index (χ3n) is 5.24. The molecule has 2 fully saturated rings. The lowest BCUT2D eigenvalue weighted by atomic mass is 9.75. The lowest BCUT2D eigenvalue weighted by Gasteiger charge is -2.42. The Hall–Kier alpha value is -1.72. The molecule has 2 aromatic heterocycles. The average molecular weight is 327 g/mol. The van der Waals surface area contributed by atoms with Crippen LogP contribution in [0, 0.1) is 0 Å². The summed E-state index contributed by atoms with van der Waals surface area (Å²) >= 11 is 1.82. The van der Waals surface area contributed by atoms with Crippen LogP contribution in [-0.2, 0) is 11.3 Å². The number of thiophene rings is 1. The first-order valence-electron chi connectivity index (χ1n) is 8.21. The smallest absolute Gasteiger partial charge is 0.221 e. The van der Waals surface area contributed by atoms with E-state index in [4.69, 9.17) is 0 Å². The van der Waals surface area contributed by atoms with Crippen LogP contribution in [0.2, 0.25) is 0 Å². The highest BCUT2D eigenvalue weighted by atomic mass is 32.1. The van der Waals surface area contributed by atoms with Crippen molar-refractivity contribution in [2.24, 2.45) is 0 Å². The van der Waals surface area contributed by atoms with Gasteiger partial charge in [-0.25, -0.2) is 0 Å². The predicted molar refractivity (Wildman–Crippen MR) is 91.3 cm³/mol. The van der Waals surface area contributed by atoms with Gasteiger partial charge in [0.05, 0.1) is 0 Å². The van der Waals surface area contributed by atoms with E-state index < -0.39 is 0 Å². The van der Waals surface area contributed by atoms with E-state index in [1.54, 1.807) is 6.20 Å². The SMILES string of the molecule is O=C1C[C@H](c2cccnc2)C2(CCN(Cc3cccs3)CC2)N1. The Morgan fingerprint density at radius 1 is 1.30 bits per heavy atom. The summed E-state index contributed by atoms with van der Waals surface area (Å²) in [6.07, 6.45) is 6.35. The van der Waals surface area contributed by atoms with E-state index in [0.717, 1.165) is 32.5 Å². The molecule has 0 saturated carbocycles. The highest BCUT2D eigenvalue weighted by Gasteiger charge is 2.48. The molecule has 1 N–H and O–H groups in total. The second kappa shape index (κ2) is 6.06. The molecule has 5 heteroatoms. The minimum Gasteiger partial charge on any atom is -0.350 e. The fourth-order valence-electron chi connectivity index (χ4n) is 4.02.